The summed E-state index contributed by atoms with van der Waals surface area (Å²) < 4.78 is 0. The monoisotopic (exact) mass is 374 g/mol. The molecule has 26 heavy (non-hydrogen) atoms. The van der Waals surface area contributed by atoms with Crippen molar-refractivity contribution < 1.29 is 0 Å². The van der Waals surface area contributed by atoms with Crippen molar-refractivity contribution in [2.24, 2.45) is 0 Å². The number of hydrogen-bond donors (Lipinski definition) is 0. The second kappa shape index (κ2) is 7.61. The molecule has 4 aromatic rings. The Labute approximate surface area is 163 Å². The van der Waals surface area contributed by atoms with Crippen molar-refractivity contribution in [1.82, 2.24) is 0 Å². The predicted molar refractivity (Wildman–Crippen MR) is 117 cm³/mol. The van der Waals surface area contributed by atoms with Crippen LogP contribution in [0.25, 0.3) is 30.6 Å². The summed E-state index contributed by atoms with van der Waals surface area (Å²) in [6.45, 7) is 4.39. The van der Waals surface area contributed by atoms with Crippen LogP contribution in [-0.2, 0) is 12.8 Å². The van der Waals surface area contributed by atoms with Crippen molar-refractivity contribution in [1.29, 1.82) is 0 Å². The summed E-state index contributed by atoms with van der Waals surface area (Å²) >= 11 is 3.76. The molecule has 0 aliphatic heterocycles. The molecule has 0 aliphatic rings. The van der Waals surface area contributed by atoms with Crippen LogP contribution in [-0.4, -0.2) is 0 Å². The van der Waals surface area contributed by atoms with Gasteiger partial charge >= 0.3 is 0 Å². The quantitative estimate of drug-likeness (QED) is 0.332. The van der Waals surface area contributed by atoms with Crippen LogP contribution in [0.3, 0.4) is 0 Å². The smallest absolute Gasteiger partial charge is 0.0449 e. The molecule has 4 rings (SSSR count). The highest BCUT2D eigenvalue weighted by atomic mass is 32.1. The number of thiophene rings is 2. The van der Waals surface area contributed by atoms with Gasteiger partial charge in [-0.3, -0.25) is 0 Å². The van der Waals surface area contributed by atoms with Crippen LogP contribution in [0.5, 0.6) is 0 Å². The molecule has 0 fully saturated rings. The zero-order valence-corrected chi connectivity index (χ0v) is 16.8. The maximum atomic E-state index is 2.25. The molecule has 0 N–H and O–H groups in total. The van der Waals surface area contributed by atoms with Gasteiger partial charge in [-0.15, -0.1) is 22.7 Å². The third-order valence-electron chi connectivity index (χ3n) is 4.75. The average molecular weight is 375 g/mol. The normalized spacial score (nSPS) is 11.0. The van der Waals surface area contributed by atoms with E-state index >= 15 is 0 Å². The van der Waals surface area contributed by atoms with E-state index in [0.29, 0.717) is 0 Å². The summed E-state index contributed by atoms with van der Waals surface area (Å²) in [4.78, 5) is 5.37. The Morgan fingerprint density at radius 3 is 1.15 bits per heavy atom. The van der Waals surface area contributed by atoms with Crippen molar-refractivity contribution in [2.75, 3.05) is 0 Å². The highest BCUT2D eigenvalue weighted by Gasteiger charge is 2.09. The Balaban J connectivity index is 1.58. The van der Waals surface area contributed by atoms with E-state index in [2.05, 4.69) is 86.6 Å². The van der Waals surface area contributed by atoms with Gasteiger partial charge < -0.3 is 0 Å². The van der Waals surface area contributed by atoms with Crippen molar-refractivity contribution in [3.05, 3.63) is 83.9 Å². The zero-order chi connectivity index (χ0) is 17.9. The summed E-state index contributed by atoms with van der Waals surface area (Å²) in [5.41, 5.74) is 5.40. The molecule has 0 unspecified atom stereocenters. The third kappa shape index (κ3) is 3.53. The molecule has 0 saturated carbocycles. The Hall–Kier alpha value is -2.16. The second-order valence-corrected chi connectivity index (χ2v) is 8.60. The number of benzene rings is 2. The standard InChI is InChI=1S/C24H22S2/c1-3-17-5-9-19(10-6-17)21-13-15-23(25-21)24-16-14-22(26-24)20-11-7-18(4-2)8-12-20/h5-16H,3-4H2,1-2H3. The van der Waals surface area contributed by atoms with Crippen molar-refractivity contribution in [3.63, 3.8) is 0 Å². The van der Waals surface area contributed by atoms with Crippen LogP contribution in [0.4, 0.5) is 0 Å². The third-order valence-corrected chi connectivity index (χ3v) is 7.21. The lowest BCUT2D eigenvalue weighted by molar-refractivity contribution is 1.14. The lowest BCUT2D eigenvalue weighted by Crippen LogP contribution is -1.78. The number of rotatable bonds is 5. The molecule has 0 spiro atoms. The minimum absolute atomic E-state index is 1.09. The summed E-state index contributed by atoms with van der Waals surface area (Å²) in [5.74, 6) is 0. The molecule has 2 heterocycles. The Morgan fingerprint density at radius 1 is 0.462 bits per heavy atom. The van der Waals surface area contributed by atoms with Gasteiger partial charge in [-0.25, -0.2) is 0 Å². The van der Waals surface area contributed by atoms with Gasteiger partial charge in [0.1, 0.15) is 0 Å². The van der Waals surface area contributed by atoms with E-state index < -0.39 is 0 Å². The maximum absolute atomic E-state index is 2.25. The van der Waals surface area contributed by atoms with Gasteiger partial charge in [0.05, 0.1) is 0 Å². The largest absolute Gasteiger partial charge is 0.134 e. The van der Waals surface area contributed by atoms with Crippen LogP contribution in [0.15, 0.2) is 72.8 Å². The first-order valence-electron chi connectivity index (χ1n) is 9.15. The first-order chi connectivity index (χ1) is 12.8. The van der Waals surface area contributed by atoms with Gasteiger partial charge in [0.25, 0.3) is 0 Å². The molecule has 0 aliphatic carbocycles. The summed E-state index contributed by atoms with van der Waals surface area (Å²) in [6.07, 6.45) is 2.18. The van der Waals surface area contributed by atoms with Crippen molar-refractivity contribution >= 4 is 22.7 Å². The van der Waals surface area contributed by atoms with Gasteiger partial charge in [-0.1, -0.05) is 62.4 Å². The van der Waals surface area contributed by atoms with Gasteiger partial charge in [0, 0.05) is 19.5 Å². The Morgan fingerprint density at radius 2 is 0.808 bits per heavy atom. The first kappa shape index (κ1) is 17.3. The van der Waals surface area contributed by atoms with Crippen molar-refractivity contribution in [2.45, 2.75) is 26.7 Å². The molecule has 0 atom stereocenters. The van der Waals surface area contributed by atoms with Crippen LogP contribution in [0.1, 0.15) is 25.0 Å². The van der Waals surface area contributed by atoms with E-state index in [1.165, 1.54) is 41.8 Å². The molecule has 2 aromatic heterocycles. The van der Waals surface area contributed by atoms with Gasteiger partial charge in [0.15, 0.2) is 0 Å². The molecule has 130 valence electrons. The van der Waals surface area contributed by atoms with Crippen molar-refractivity contribution in [3.8, 4) is 30.6 Å². The van der Waals surface area contributed by atoms with E-state index in [4.69, 9.17) is 0 Å². The molecule has 0 radical (unpaired) electrons. The zero-order valence-electron chi connectivity index (χ0n) is 15.2. The molecular formula is C24H22S2. The molecule has 0 bridgehead atoms. The highest BCUT2D eigenvalue weighted by Crippen LogP contribution is 2.40. The average Bonchev–Trinajstić information content (AvgIpc) is 3.38. The minimum Gasteiger partial charge on any atom is -0.134 e. The lowest BCUT2D eigenvalue weighted by Gasteiger charge is -2.00. The topological polar surface area (TPSA) is 0 Å². The number of hydrogen-bond acceptors (Lipinski definition) is 2. The Kier molecular flexibility index (Phi) is 5.05. The second-order valence-electron chi connectivity index (χ2n) is 6.43. The molecule has 0 saturated heterocycles. The summed E-state index contributed by atoms with van der Waals surface area (Å²) in [6, 6.07) is 26.9. The maximum Gasteiger partial charge on any atom is 0.0449 e. The molecular weight excluding hydrogens is 352 g/mol. The van der Waals surface area contributed by atoms with Crippen LogP contribution in [0, 0.1) is 0 Å². The van der Waals surface area contributed by atoms with Crippen LogP contribution < -0.4 is 0 Å². The molecule has 2 heteroatoms. The van der Waals surface area contributed by atoms with Gasteiger partial charge in [-0.2, -0.15) is 0 Å². The van der Waals surface area contributed by atoms with E-state index in [1.807, 2.05) is 22.7 Å². The minimum atomic E-state index is 1.09. The fourth-order valence-corrected chi connectivity index (χ4v) is 5.17. The van der Waals surface area contributed by atoms with Gasteiger partial charge in [0.2, 0.25) is 0 Å². The van der Waals surface area contributed by atoms with Gasteiger partial charge in [-0.05, 0) is 59.4 Å². The number of aryl methyl sites for hydroxylation is 2. The SMILES string of the molecule is CCc1ccc(-c2ccc(-c3ccc(-c4ccc(CC)cc4)s3)s2)cc1. The van der Waals surface area contributed by atoms with E-state index in [1.54, 1.807) is 0 Å². The highest BCUT2D eigenvalue weighted by molar-refractivity contribution is 7.25. The van der Waals surface area contributed by atoms with Crippen LogP contribution >= 0.6 is 22.7 Å². The van der Waals surface area contributed by atoms with E-state index in [-0.39, 0.29) is 0 Å². The summed E-state index contributed by atoms with van der Waals surface area (Å²) in [5, 5.41) is 0. The molecule has 2 aromatic carbocycles. The van der Waals surface area contributed by atoms with E-state index in [0.717, 1.165) is 12.8 Å². The van der Waals surface area contributed by atoms with Crippen LogP contribution in [0.2, 0.25) is 0 Å². The predicted octanol–water partition coefficient (Wildman–Crippen LogP) is 7.94. The molecule has 0 nitrogen and oxygen atoms in total. The lowest BCUT2D eigenvalue weighted by atomic mass is 10.1. The molecule has 0 amide bonds. The fourth-order valence-electron chi connectivity index (χ4n) is 3.06. The van der Waals surface area contributed by atoms with E-state index in [9.17, 15) is 0 Å². The summed E-state index contributed by atoms with van der Waals surface area (Å²) in [7, 11) is 0. The fraction of sp³-hybridized carbons (Fsp3) is 0.167. The first-order valence-corrected chi connectivity index (χ1v) is 10.8. The Bertz CT molecular complexity index is 902.